The van der Waals surface area contributed by atoms with Crippen molar-refractivity contribution in [2.75, 3.05) is 44.7 Å². The summed E-state index contributed by atoms with van der Waals surface area (Å²) < 4.78 is 12.1. The molecule has 0 radical (unpaired) electrons. The van der Waals surface area contributed by atoms with Crippen LogP contribution in [-0.4, -0.2) is 83.4 Å². The van der Waals surface area contributed by atoms with E-state index in [0.717, 1.165) is 50.2 Å². The monoisotopic (exact) mass is 586 g/mol. The van der Waals surface area contributed by atoms with Gasteiger partial charge < -0.3 is 24.2 Å². The topological polar surface area (TPSA) is 94.8 Å². The molecule has 1 amide bonds. The molecule has 6 rings (SSSR count). The molecule has 1 aromatic carbocycles. The summed E-state index contributed by atoms with van der Waals surface area (Å²) in [6, 6.07) is 11.8. The number of likely N-dealkylation sites (N-methyl/N-ethyl adjacent to an activating group) is 1. The first-order valence-electron chi connectivity index (χ1n) is 16.1. The van der Waals surface area contributed by atoms with Gasteiger partial charge in [0.05, 0.1) is 24.2 Å². The number of fused-ring (bicyclic) bond motifs is 3. The highest BCUT2D eigenvalue weighted by atomic mass is 16.6. The second-order valence-corrected chi connectivity index (χ2v) is 13.9. The number of likely N-dealkylation sites (tertiary alicyclic amines) is 1. The fourth-order valence-electron chi connectivity index (χ4n) is 7.70. The van der Waals surface area contributed by atoms with Gasteiger partial charge in [-0.15, -0.1) is 0 Å². The molecule has 2 fully saturated rings. The molecule has 3 atom stereocenters. The van der Waals surface area contributed by atoms with Crippen LogP contribution in [0, 0.1) is 11.3 Å². The molecule has 2 saturated heterocycles. The molecule has 3 heterocycles. The van der Waals surface area contributed by atoms with E-state index in [1.807, 2.05) is 20.8 Å². The van der Waals surface area contributed by atoms with E-state index < -0.39 is 5.60 Å². The second kappa shape index (κ2) is 12.0. The number of carbonyl (C=O) groups excluding carboxylic acids is 1. The minimum atomic E-state index is -0.593. The smallest absolute Gasteiger partial charge is 0.410 e. The SMILES string of the molecule is CN1CCCC1COc1nc2c(c(N3CCN(C(=O)OC(C)(C)C)C(CC#N)C3)n1)CCC1(CCCc3ccccc31)C2. The summed E-state index contributed by atoms with van der Waals surface area (Å²) in [6.45, 7) is 8.89. The van der Waals surface area contributed by atoms with E-state index in [1.165, 1.54) is 36.0 Å². The lowest BCUT2D eigenvalue weighted by Crippen LogP contribution is -2.56. The highest BCUT2D eigenvalue weighted by Crippen LogP contribution is 2.47. The number of carbonyl (C=O) groups is 1. The van der Waals surface area contributed by atoms with Crippen LogP contribution in [0.4, 0.5) is 10.6 Å². The largest absolute Gasteiger partial charge is 0.462 e. The van der Waals surface area contributed by atoms with E-state index in [9.17, 15) is 10.1 Å². The summed E-state index contributed by atoms with van der Waals surface area (Å²) in [4.78, 5) is 29.6. The maximum absolute atomic E-state index is 13.1. The van der Waals surface area contributed by atoms with Crippen LogP contribution in [-0.2, 0) is 29.4 Å². The number of rotatable bonds is 5. The molecule has 2 aliphatic carbocycles. The number of ether oxygens (including phenoxy) is 2. The minimum absolute atomic E-state index is 0.0924. The number of benzene rings is 1. The summed E-state index contributed by atoms with van der Waals surface area (Å²) in [6.07, 6.45) is 8.55. The third-order valence-electron chi connectivity index (χ3n) is 9.91. The zero-order chi connectivity index (χ0) is 30.2. The van der Waals surface area contributed by atoms with Crippen LogP contribution in [0.3, 0.4) is 0 Å². The van der Waals surface area contributed by atoms with Gasteiger partial charge in [-0.25, -0.2) is 4.79 Å². The Morgan fingerprint density at radius 3 is 2.70 bits per heavy atom. The predicted molar refractivity (Wildman–Crippen MR) is 165 cm³/mol. The van der Waals surface area contributed by atoms with Crippen LogP contribution in [0.15, 0.2) is 24.3 Å². The molecule has 4 aliphatic rings. The van der Waals surface area contributed by atoms with Crippen LogP contribution in [0.25, 0.3) is 0 Å². The first kappa shape index (κ1) is 29.7. The molecule has 9 heteroatoms. The molecule has 1 spiro atoms. The van der Waals surface area contributed by atoms with Gasteiger partial charge >= 0.3 is 12.1 Å². The summed E-state index contributed by atoms with van der Waals surface area (Å²) in [5.41, 5.74) is 4.75. The van der Waals surface area contributed by atoms with Gasteiger partial charge in [0.15, 0.2) is 0 Å². The molecule has 0 bridgehead atoms. The average molecular weight is 587 g/mol. The van der Waals surface area contributed by atoms with Crippen LogP contribution < -0.4 is 9.64 Å². The van der Waals surface area contributed by atoms with Crippen molar-refractivity contribution in [3.05, 3.63) is 46.6 Å². The Balaban J connectivity index is 1.31. The maximum Gasteiger partial charge on any atom is 0.410 e. The van der Waals surface area contributed by atoms with Crippen LogP contribution in [0.2, 0.25) is 0 Å². The minimum Gasteiger partial charge on any atom is -0.462 e. The lowest BCUT2D eigenvalue weighted by Gasteiger charge is -2.45. The van der Waals surface area contributed by atoms with E-state index in [0.29, 0.717) is 38.3 Å². The van der Waals surface area contributed by atoms with Crippen molar-refractivity contribution in [3.8, 4) is 12.1 Å². The molecule has 2 aliphatic heterocycles. The van der Waals surface area contributed by atoms with Gasteiger partial charge in [-0.3, -0.25) is 0 Å². The summed E-state index contributed by atoms with van der Waals surface area (Å²) in [5.74, 6) is 0.908. The number of anilines is 1. The number of aromatic nitrogens is 2. The Morgan fingerprint density at radius 2 is 1.93 bits per heavy atom. The van der Waals surface area contributed by atoms with Crippen molar-refractivity contribution in [2.24, 2.45) is 0 Å². The van der Waals surface area contributed by atoms with Crippen LogP contribution in [0.5, 0.6) is 6.01 Å². The Morgan fingerprint density at radius 1 is 1.09 bits per heavy atom. The number of hydrogen-bond acceptors (Lipinski definition) is 8. The third kappa shape index (κ3) is 6.17. The summed E-state index contributed by atoms with van der Waals surface area (Å²) in [7, 11) is 2.16. The molecule has 3 unspecified atom stereocenters. The van der Waals surface area contributed by atoms with Gasteiger partial charge in [-0.1, -0.05) is 24.3 Å². The van der Waals surface area contributed by atoms with Crippen molar-refractivity contribution in [1.82, 2.24) is 19.8 Å². The van der Waals surface area contributed by atoms with Gasteiger partial charge in [-0.2, -0.15) is 15.2 Å². The zero-order valence-corrected chi connectivity index (χ0v) is 26.3. The first-order chi connectivity index (χ1) is 20.7. The highest BCUT2D eigenvalue weighted by Gasteiger charge is 2.42. The second-order valence-electron chi connectivity index (χ2n) is 13.9. The Kier molecular flexibility index (Phi) is 8.25. The van der Waals surface area contributed by atoms with E-state index in [-0.39, 0.29) is 24.0 Å². The fourth-order valence-corrected chi connectivity index (χ4v) is 7.70. The maximum atomic E-state index is 13.1. The molecule has 9 nitrogen and oxygen atoms in total. The van der Waals surface area contributed by atoms with Crippen molar-refractivity contribution in [2.45, 2.75) is 102 Å². The van der Waals surface area contributed by atoms with Crippen LogP contribution >= 0.6 is 0 Å². The fraction of sp³-hybridized carbons (Fsp3) is 0.647. The lowest BCUT2D eigenvalue weighted by atomic mass is 9.62. The summed E-state index contributed by atoms with van der Waals surface area (Å²) in [5, 5.41) is 9.66. The molecular weight excluding hydrogens is 540 g/mol. The van der Waals surface area contributed by atoms with Gasteiger partial charge in [0.25, 0.3) is 0 Å². The normalized spacial score (nSPS) is 25.7. The number of nitriles is 1. The molecule has 1 aromatic heterocycles. The van der Waals surface area contributed by atoms with Gasteiger partial charge in [0.2, 0.25) is 0 Å². The molecule has 0 saturated carbocycles. The number of aryl methyl sites for hydroxylation is 1. The predicted octanol–water partition coefficient (Wildman–Crippen LogP) is 5.05. The number of piperazine rings is 1. The lowest BCUT2D eigenvalue weighted by molar-refractivity contribution is 0.0144. The molecule has 43 heavy (non-hydrogen) atoms. The zero-order valence-electron chi connectivity index (χ0n) is 26.3. The average Bonchev–Trinajstić information content (AvgIpc) is 3.39. The van der Waals surface area contributed by atoms with Gasteiger partial charge in [-0.05, 0) is 96.9 Å². The number of amides is 1. The molecular formula is C34H46N6O3. The quantitative estimate of drug-likeness (QED) is 0.480. The summed E-state index contributed by atoms with van der Waals surface area (Å²) >= 11 is 0. The number of hydrogen-bond donors (Lipinski definition) is 0. The van der Waals surface area contributed by atoms with E-state index in [2.05, 4.69) is 47.2 Å². The van der Waals surface area contributed by atoms with Crippen molar-refractivity contribution in [1.29, 1.82) is 5.26 Å². The Bertz CT molecular complexity index is 1380. The van der Waals surface area contributed by atoms with E-state index >= 15 is 0 Å². The molecule has 0 N–H and O–H groups in total. The molecule has 2 aromatic rings. The Labute approximate surface area is 256 Å². The standard InChI is InChI=1S/C34H46N6O3/c1-33(2,3)43-32(41)40-20-19-39(22-25(40)14-17-35)30-27-13-16-34(15-7-10-24-9-5-6-12-28(24)34)21-29(27)36-31(37-30)42-23-26-11-8-18-38(26)4/h5-6,9,12,25-26H,7-8,10-11,13-16,18-23H2,1-4H3. The van der Waals surface area contributed by atoms with Gasteiger partial charge in [0, 0.05) is 36.7 Å². The highest BCUT2D eigenvalue weighted by molar-refractivity contribution is 5.69. The van der Waals surface area contributed by atoms with E-state index in [4.69, 9.17) is 19.4 Å². The van der Waals surface area contributed by atoms with Gasteiger partial charge in [0.1, 0.15) is 18.0 Å². The van der Waals surface area contributed by atoms with E-state index in [1.54, 1.807) is 4.90 Å². The van der Waals surface area contributed by atoms with Crippen molar-refractivity contribution in [3.63, 3.8) is 0 Å². The first-order valence-corrected chi connectivity index (χ1v) is 16.1. The van der Waals surface area contributed by atoms with Crippen LogP contribution in [0.1, 0.15) is 81.7 Å². The molecule has 230 valence electrons. The third-order valence-corrected chi connectivity index (χ3v) is 9.91. The Hall–Kier alpha value is -3.38. The number of nitrogens with zero attached hydrogens (tertiary/aromatic N) is 6. The van der Waals surface area contributed by atoms with Crippen molar-refractivity contribution >= 4 is 11.9 Å². The van der Waals surface area contributed by atoms with Crippen molar-refractivity contribution < 1.29 is 14.3 Å².